The number of esters is 1. The van der Waals surface area contributed by atoms with E-state index in [1.807, 2.05) is 0 Å². The maximum Gasteiger partial charge on any atom is 0.419 e. The highest BCUT2D eigenvalue weighted by Gasteiger charge is 2.14. The first-order valence-electron chi connectivity index (χ1n) is 8.45. The van der Waals surface area contributed by atoms with Crippen molar-refractivity contribution in [3.05, 3.63) is 59.6 Å². The summed E-state index contributed by atoms with van der Waals surface area (Å²) >= 11 is 1.10. The van der Waals surface area contributed by atoms with Gasteiger partial charge in [0.15, 0.2) is 5.58 Å². The summed E-state index contributed by atoms with van der Waals surface area (Å²) in [6, 6.07) is 3.92. The van der Waals surface area contributed by atoms with Crippen LogP contribution in [0.3, 0.4) is 0 Å². The lowest BCUT2D eigenvalue weighted by atomic mass is 10.2. The van der Waals surface area contributed by atoms with Crippen molar-refractivity contribution in [2.24, 2.45) is 0 Å². The molecule has 2 heterocycles. The van der Waals surface area contributed by atoms with E-state index in [-0.39, 0.29) is 35.7 Å². The molecule has 0 aliphatic rings. The number of nitrogens with zero attached hydrogens (tertiary/aromatic N) is 3. The Morgan fingerprint density at radius 1 is 1.29 bits per heavy atom. The fraction of sp³-hybridized carbons (Fsp3) is 0.353. The van der Waals surface area contributed by atoms with Gasteiger partial charge in [0.2, 0.25) is 0 Å². The highest BCUT2D eigenvalue weighted by Crippen LogP contribution is 2.20. The summed E-state index contributed by atoms with van der Waals surface area (Å²) < 4.78 is 13.0. The highest BCUT2D eigenvalue weighted by atomic mass is 32.1. The third kappa shape index (κ3) is 4.19. The number of carbonyl (C=O) groups is 1. The molecule has 0 amide bonds. The number of fused-ring (bicyclic) bond motifs is 1. The molecule has 0 spiro atoms. The van der Waals surface area contributed by atoms with E-state index in [1.165, 1.54) is 27.3 Å². The number of oxazole rings is 1. The molecule has 0 saturated carbocycles. The molecule has 0 saturated heterocycles. The van der Waals surface area contributed by atoms with Crippen molar-refractivity contribution in [3.63, 3.8) is 0 Å². The quantitative estimate of drug-likeness (QED) is 0.318. The summed E-state index contributed by atoms with van der Waals surface area (Å²) in [7, 11) is 0. The van der Waals surface area contributed by atoms with Crippen molar-refractivity contribution in [1.82, 2.24) is 9.13 Å². The molecule has 28 heavy (non-hydrogen) atoms. The second-order valence-corrected chi connectivity index (χ2v) is 6.87. The molecule has 11 heteroatoms. The zero-order valence-corrected chi connectivity index (χ0v) is 15.8. The molecule has 0 bridgehead atoms. The zero-order chi connectivity index (χ0) is 20.3. The first-order chi connectivity index (χ1) is 13.4. The van der Waals surface area contributed by atoms with Gasteiger partial charge in [-0.25, -0.2) is 4.79 Å². The lowest BCUT2D eigenvalue weighted by Gasteiger charge is -2.07. The number of nitro benzene ring substituents is 1. The third-order valence-electron chi connectivity index (χ3n) is 4.18. The predicted octanol–water partition coefficient (Wildman–Crippen LogP) is 2.06. The van der Waals surface area contributed by atoms with Crippen LogP contribution in [-0.2, 0) is 22.6 Å². The van der Waals surface area contributed by atoms with Gasteiger partial charge in [0.25, 0.3) is 5.69 Å². The Morgan fingerprint density at radius 3 is 2.75 bits per heavy atom. The molecule has 1 aromatic carbocycles. The number of non-ortho nitro benzene ring substituents is 1. The molecule has 0 atom stereocenters. The first-order valence-corrected chi connectivity index (χ1v) is 9.33. The molecular formula is C17H17N3O7S. The number of aromatic nitrogens is 2. The molecule has 0 unspecified atom stereocenters. The molecule has 10 nitrogen and oxygen atoms in total. The number of hydrogen-bond acceptors (Lipinski definition) is 8. The Bertz CT molecular complexity index is 1140. The Balaban J connectivity index is 1.52. The van der Waals surface area contributed by atoms with E-state index >= 15 is 0 Å². The largest absolute Gasteiger partial charge is 0.464 e. The summed E-state index contributed by atoms with van der Waals surface area (Å²) in [4.78, 5) is 45.5. The van der Waals surface area contributed by atoms with Gasteiger partial charge in [-0.05, 0) is 19.4 Å². The SMILES string of the molecule is Cc1csc(=O)n1CCOC(=O)CCCn1c(=O)oc2cc([N+](=O)[O-])ccc21. The second-order valence-electron chi connectivity index (χ2n) is 6.05. The number of aryl methyl sites for hydroxylation is 2. The summed E-state index contributed by atoms with van der Waals surface area (Å²) in [5, 5.41) is 12.5. The fourth-order valence-corrected chi connectivity index (χ4v) is 3.52. The second kappa shape index (κ2) is 8.21. The van der Waals surface area contributed by atoms with Gasteiger partial charge in [0, 0.05) is 30.1 Å². The number of ether oxygens (including phenoxy) is 1. The minimum Gasteiger partial charge on any atom is -0.464 e. The Labute approximate surface area is 161 Å². The van der Waals surface area contributed by atoms with Gasteiger partial charge in [-0.3, -0.25) is 28.8 Å². The Hall–Kier alpha value is -3.21. The van der Waals surface area contributed by atoms with Crippen molar-refractivity contribution in [3.8, 4) is 0 Å². The van der Waals surface area contributed by atoms with Crippen molar-refractivity contribution in [2.75, 3.05) is 6.61 Å². The molecule has 0 fully saturated rings. The van der Waals surface area contributed by atoms with Gasteiger partial charge < -0.3 is 9.15 Å². The van der Waals surface area contributed by atoms with Crippen LogP contribution in [0.4, 0.5) is 5.69 Å². The van der Waals surface area contributed by atoms with Crippen LogP contribution in [0.15, 0.2) is 37.6 Å². The lowest BCUT2D eigenvalue weighted by molar-refractivity contribution is -0.384. The molecule has 2 aromatic heterocycles. The van der Waals surface area contributed by atoms with Crippen LogP contribution < -0.4 is 10.6 Å². The molecule has 148 valence electrons. The summed E-state index contributed by atoms with van der Waals surface area (Å²) in [6.45, 7) is 2.40. The van der Waals surface area contributed by atoms with E-state index < -0.39 is 16.6 Å². The van der Waals surface area contributed by atoms with Crippen molar-refractivity contribution in [1.29, 1.82) is 0 Å². The molecule has 0 aliphatic carbocycles. The monoisotopic (exact) mass is 407 g/mol. The van der Waals surface area contributed by atoms with Crippen LogP contribution in [0.2, 0.25) is 0 Å². The Kier molecular flexibility index (Phi) is 5.73. The van der Waals surface area contributed by atoms with Crippen LogP contribution in [0.25, 0.3) is 11.1 Å². The van der Waals surface area contributed by atoms with E-state index in [4.69, 9.17) is 9.15 Å². The normalized spacial score (nSPS) is 11.0. The van der Waals surface area contributed by atoms with Crippen LogP contribution in [0.1, 0.15) is 18.5 Å². The molecule has 3 rings (SSSR count). The highest BCUT2D eigenvalue weighted by molar-refractivity contribution is 7.07. The predicted molar refractivity (Wildman–Crippen MR) is 101 cm³/mol. The van der Waals surface area contributed by atoms with Gasteiger partial charge in [-0.15, -0.1) is 0 Å². The van der Waals surface area contributed by atoms with Gasteiger partial charge in [-0.1, -0.05) is 11.3 Å². The third-order valence-corrected chi connectivity index (χ3v) is 5.06. The molecular weight excluding hydrogens is 390 g/mol. The van der Waals surface area contributed by atoms with Crippen molar-refractivity contribution >= 4 is 34.1 Å². The van der Waals surface area contributed by atoms with Gasteiger partial charge in [0.05, 0.1) is 23.1 Å². The molecule has 0 radical (unpaired) electrons. The minimum atomic E-state index is -0.642. The number of rotatable bonds is 8. The number of benzene rings is 1. The van der Waals surface area contributed by atoms with Gasteiger partial charge in [-0.2, -0.15) is 0 Å². The number of hydrogen-bond donors (Lipinski definition) is 0. The Morgan fingerprint density at radius 2 is 2.07 bits per heavy atom. The number of nitro groups is 1. The average molecular weight is 407 g/mol. The van der Waals surface area contributed by atoms with Crippen LogP contribution in [0, 0.1) is 17.0 Å². The van der Waals surface area contributed by atoms with E-state index in [0.29, 0.717) is 18.5 Å². The smallest absolute Gasteiger partial charge is 0.419 e. The standard InChI is InChI=1S/C17H17N3O7S/c1-11-10-28-17(23)18(11)7-8-26-15(21)3-2-6-19-13-5-4-12(20(24)25)9-14(13)27-16(19)22/h4-5,9-10H,2-3,6-8H2,1H3. The van der Waals surface area contributed by atoms with E-state index in [1.54, 1.807) is 12.3 Å². The molecule has 3 aromatic rings. The number of carbonyl (C=O) groups excluding carboxylic acids is 1. The zero-order valence-electron chi connectivity index (χ0n) is 15.0. The maximum atomic E-state index is 11.9. The topological polar surface area (TPSA) is 127 Å². The summed E-state index contributed by atoms with van der Waals surface area (Å²) in [6.07, 6.45) is 0.422. The van der Waals surface area contributed by atoms with E-state index in [0.717, 1.165) is 17.0 Å². The minimum absolute atomic E-state index is 0.0869. The maximum absolute atomic E-state index is 11.9. The summed E-state index contributed by atoms with van der Waals surface area (Å²) in [5.74, 6) is -1.08. The fourth-order valence-electron chi connectivity index (χ4n) is 2.76. The molecule has 0 aliphatic heterocycles. The van der Waals surface area contributed by atoms with Gasteiger partial charge in [0.1, 0.15) is 6.61 Å². The average Bonchev–Trinajstić information content (AvgIpc) is 3.14. The lowest BCUT2D eigenvalue weighted by Crippen LogP contribution is -2.20. The van der Waals surface area contributed by atoms with Crippen LogP contribution >= 0.6 is 11.3 Å². The van der Waals surface area contributed by atoms with Crippen LogP contribution in [-0.4, -0.2) is 26.6 Å². The van der Waals surface area contributed by atoms with E-state index in [2.05, 4.69) is 0 Å². The van der Waals surface area contributed by atoms with Gasteiger partial charge >= 0.3 is 16.6 Å². The van der Waals surface area contributed by atoms with Crippen molar-refractivity contribution in [2.45, 2.75) is 32.9 Å². The number of thiazole rings is 1. The van der Waals surface area contributed by atoms with E-state index in [9.17, 15) is 24.5 Å². The summed E-state index contributed by atoms with van der Waals surface area (Å²) in [5.41, 5.74) is 1.20. The van der Waals surface area contributed by atoms with Crippen LogP contribution in [0.5, 0.6) is 0 Å². The van der Waals surface area contributed by atoms with Crippen molar-refractivity contribution < 1.29 is 18.9 Å². The molecule has 0 N–H and O–H groups in total. The first kappa shape index (κ1) is 19.5.